The minimum absolute atomic E-state index is 0. The molecule has 0 aliphatic carbocycles. The summed E-state index contributed by atoms with van der Waals surface area (Å²) in [7, 11) is 0. The fraction of sp³-hybridized carbons (Fsp3) is 0.200. The molecule has 0 aliphatic rings. The number of hydrogen-bond donors (Lipinski definition) is 1. The predicted octanol–water partition coefficient (Wildman–Crippen LogP) is 0.217. The molecule has 0 atom stereocenters. The third kappa shape index (κ3) is 5.39. The van der Waals surface area contributed by atoms with Crippen molar-refractivity contribution in [1.29, 1.82) is 10.5 Å². The van der Waals surface area contributed by atoms with Crippen LogP contribution in [0.3, 0.4) is 0 Å². The molecule has 42 valence electrons. The van der Waals surface area contributed by atoms with Crippen molar-refractivity contribution in [3.8, 4) is 12.1 Å². The molecule has 3 nitrogen and oxygen atoms in total. The van der Waals surface area contributed by atoms with Crippen LogP contribution in [0.5, 0.6) is 0 Å². The van der Waals surface area contributed by atoms with Gasteiger partial charge in [0, 0.05) is 0 Å². The molecule has 0 saturated heterocycles. The molecule has 9 heavy (non-hydrogen) atoms. The van der Waals surface area contributed by atoms with E-state index in [1.807, 2.05) is 0 Å². The Labute approximate surface area is 75.5 Å². The summed E-state index contributed by atoms with van der Waals surface area (Å²) < 4.78 is 0. The van der Waals surface area contributed by atoms with Gasteiger partial charge in [-0.15, -0.1) is 0 Å². The van der Waals surface area contributed by atoms with E-state index in [2.05, 4.69) is 0 Å². The van der Waals surface area contributed by atoms with E-state index in [0.29, 0.717) is 6.26 Å². The summed E-state index contributed by atoms with van der Waals surface area (Å²) >= 11 is 0. The molecule has 0 heterocycles. The number of aliphatic hydroxyl groups is 1. The van der Waals surface area contributed by atoms with Gasteiger partial charge in [0.05, 0.1) is 30.4 Å². The number of nitriles is 2. The molecule has 0 amide bonds. The molecule has 0 radical (unpaired) electrons. The number of hydrogen-bond acceptors (Lipinski definition) is 3. The van der Waals surface area contributed by atoms with Gasteiger partial charge in [0.1, 0.15) is 0 Å². The second-order valence-corrected chi connectivity index (χ2v) is 1.10. The van der Waals surface area contributed by atoms with Crippen molar-refractivity contribution in [3.63, 3.8) is 0 Å². The van der Waals surface area contributed by atoms with Gasteiger partial charge in [-0.2, -0.15) is 10.5 Å². The van der Waals surface area contributed by atoms with Crippen LogP contribution in [-0.2, 0) is 0 Å². The van der Waals surface area contributed by atoms with E-state index in [1.54, 1.807) is 12.1 Å². The molecule has 0 saturated carbocycles. The molecule has 0 bridgehead atoms. The first kappa shape index (κ1) is 11.3. The first-order valence-corrected chi connectivity index (χ1v) is 1.95. The Morgan fingerprint density at radius 3 is 2.22 bits per heavy atom. The molecule has 0 rings (SSSR count). The van der Waals surface area contributed by atoms with Crippen molar-refractivity contribution < 1.29 is 5.11 Å². The standard InChI is InChI=1S/C5H4N2O.Na.H/c6-2-1-5(3-7)4-8;;/h4,8H,1H2;;/b5-4+;;. The minimum atomic E-state index is -0.0208. The Balaban J connectivity index is 0. The summed E-state index contributed by atoms with van der Waals surface area (Å²) in [5.41, 5.74) is 0.0903. The van der Waals surface area contributed by atoms with Crippen molar-refractivity contribution >= 4 is 29.6 Å². The summed E-state index contributed by atoms with van der Waals surface area (Å²) in [4.78, 5) is 0. The predicted molar refractivity (Wildman–Crippen MR) is 33.7 cm³/mol. The zero-order valence-electron chi connectivity index (χ0n) is 4.13. The zero-order chi connectivity index (χ0) is 6.41. The molecule has 0 aromatic rings. The topological polar surface area (TPSA) is 67.8 Å². The molecule has 0 unspecified atom stereocenters. The fourth-order valence-corrected chi connectivity index (χ4v) is 0.199. The van der Waals surface area contributed by atoms with Crippen LogP contribution in [0.2, 0.25) is 0 Å². The number of aliphatic hydroxyl groups excluding tert-OH is 1. The van der Waals surface area contributed by atoms with E-state index in [9.17, 15) is 0 Å². The van der Waals surface area contributed by atoms with Gasteiger partial charge in [-0.1, -0.05) is 0 Å². The van der Waals surface area contributed by atoms with Crippen LogP contribution in [0.25, 0.3) is 0 Å². The Bertz CT molecular complexity index is 174. The monoisotopic (exact) mass is 132 g/mol. The Kier molecular flexibility index (Phi) is 9.47. The molecule has 0 aromatic heterocycles. The van der Waals surface area contributed by atoms with Gasteiger partial charge in [0.25, 0.3) is 0 Å². The molecule has 0 aliphatic heterocycles. The van der Waals surface area contributed by atoms with Crippen LogP contribution >= 0.6 is 0 Å². The average Bonchev–Trinajstić information content (AvgIpc) is 1.83. The van der Waals surface area contributed by atoms with Gasteiger partial charge in [-0.3, -0.25) is 0 Å². The van der Waals surface area contributed by atoms with E-state index < -0.39 is 0 Å². The van der Waals surface area contributed by atoms with Crippen LogP contribution in [-0.4, -0.2) is 34.7 Å². The maximum atomic E-state index is 8.12. The van der Waals surface area contributed by atoms with Crippen LogP contribution in [0.4, 0.5) is 0 Å². The van der Waals surface area contributed by atoms with Crippen LogP contribution in [0, 0.1) is 22.7 Å². The van der Waals surface area contributed by atoms with Gasteiger partial charge >= 0.3 is 29.6 Å². The molecule has 1 N–H and O–H groups in total. The Morgan fingerprint density at radius 2 is 2.11 bits per heavy atom. The van der Waals surface area contributed by atoms with Gasteiger partial charge in [0.15, 0.2) is 0 Å². The molecule has 0 fully saturated rings. The fourth-order valence-electron chi connectivity index (χ4n) is 0.199. The van der Waals surface area contributed by atoms with Crippen molar-refractivity contribution in [2.45, 2.75) is 6.42 Å². The molecular formula is C5H5N2NaO. The van der Waals surface area contributed by atoms with E-state index in [1.165, 1.54) is 0 Å². The van der Waals surface area contributed by atoms with E-state index in [4.69, 9.17) is 15.6 Å². The Morgan fingerprint density at radius 1 is 1.56 bits per heavy atom. The van der Waals surface area contributed by atoms with E-state index in [0.717, 1.165) is 0 Å². The third-order valence-corrected chi connectivity index (χ3v) is 0.569. The van der Waals surface area contributed by atoms with Crippen molar-refractivity contribution in [3.05, 3.63) is 11.8 Å². The SMILES string of the molecule is N#CC/C(C#N)=C\O.[NaH]. The summed E-state index contributed by atoms with van der Waals surface area (Å²) in [6, 6.07) is 3.36. The van der Waals surface area contributed by atoms with Gasteiger partial charge in [-0.25, -0.2) is 0 Å². The third-order valence-electron chi connectivity index (χ3n) is 0.569. The van der Waals surface area contributed by atoms with Crippen molar-refractivity contribution in [1.82, 2.24) is 0 Å². The number of rotatable bonds is 1. The number of nitrogens with zero attached hydrogens (tertiary/aromatic N) is 2. The van der Waals surface area contributed by atoms with Gasteiger partial charge in [-0.05, 0) is 0 Å². The molecule has 0 spiro atoms. The zero-order valence-corrected chi connectivity index (χ0v) is 4.13. The summed E-state index contributed by atoms with van der Waals surface area (Å²) in [6.07, 6.45) is 0.621. The summed E-state index contributed by atoms with van der Waals surface area (Å²) in [5.74, 6) is 0. The maximum absolute atomic E-state index is 8.12. The number of allylic oxidation sites excluding steroid dienone is 1. The average molecular weight is 132 g/mol. The van der Waals surface area contributed by atoms with Crippen molar-refractivity contribution in [2.75, 3.05) is 0 Å². The van der Waals surface area contributed by atoms with Crippen LogP contribution in [0.15, 0.2) is 11.8 Å². The molecule has 0 aromatic carbocycles. The van der Waals surface area contributed by atoms with Crippen LogP contribution in [0.1, 0.15) is 6.42 Å². The normalized spacial score (nSPS) is 8.44. The first-order chi connectivity index (χ1) is 3.85. The van der Waals surface area contributed by atoms with Gasteiger partial charge in [0.2, 0.25) is 0 Å². The van der Waals surface area contributed by atoms with Gasteiger partial charge < -0.3 is 5.11 Å². The molecule has 4 heteroatoms. The van der Waals surface area contributed by atoms with E-state index in [-0.39, 0.29) is 41.6 Å². The second kappa shape index (κ2) is 7.52. The van der Waals surface area contributed by atoms with E-state index >= 15 is 0 Å². The summed E-state index contributed by atoms with van der Waals surface area (Å²) in [5, 5.41) is 24.1. The first-order valence-electron chi connectivity index (χ1n) is 1.95. The quantitative estimate of drug-likeness (QED) is 0.315. The summed E-state index contributed by atoms with van der Waals surface area (Å²) in [6.45, 7) is 0. The second-order valence-electron chi connectivity index (χ2n) is 1.10. The molecular weight excluding hydrogens is 127 g/mol. The van der Waals surface area contributed by atoms with Crippen molar-refractivity contribution in [2.24, 2.45) is 0 Å². The Hall–Kier alpha value is -0.480. The van der Waals surface area contributed by atoms with Crippen LogP contribution < -0.4 is 0 Å².